The van der Waals surface area contributed by atoms with Gasteiger partial charge >= 0.3 is 5.91 Å². The number of Topliss-reactive ketones (excluding diaryl/α,β-unsaturated/α-hetero) is 1. The predicted molar refractivity (Wildman–Crippen MR) is 149 cm³/mol. The molecule has 1 aliphatic heterocycles. The van der Waals surface area contributed by atoms with Crippen molar-refractivity contribution in [1.82, 2.24) is 10.2 Å². The fourth-order valence-corrected chi connectivity index (χ4v) is 6.13. The summed E-state index contributed by atoms with van der Waals surface area (Å²) in [5.74, 6) is -2.20. The Kier molecular flexibility index (Phi) is 7.74. The highest BCUT2D eigenvalue weighted by Crippen LogP contribution is 2.45. The van der Waals surface area contributed by atoms with Crippen LogP contribution in [0.1, 0.15) is 22.7 Å². The van der Waals surface area contributed by atoms with E-state index in [0.29, 0.717) is 20.7 Å². The monoisotopic (exact) mass is 605 g/mol. The summed E-state index contributed by atoms with van der Waals surface area (Å²) in [7, 11) is 0. The van der Waals surface area contributed by atoms with Crippen LogP contribution in [0.15, 0.2) is 76.6 Å². The van der Waals surface area contributed by atoms with E-state index in [9.17, 15) is 19.1 Å². The SMILES string of the molecule is O=C1C(=O)N(c2nnc(SCc3ccc(Cl)cc3)s2)C(c2ccc(Cl)c(Cl)c2)/C1=C(/O)c1ccc(F)cc1. The van der Waals surface area contributed by atoms with Crippen molar-refractivity contribution in [3.8, 4) is 0 Å². The van der Waals surface area contributed by atoms with E-state index in [1.807, 2.05) is 12.1 Å². The molecule has 0 aliphatic carbocycles. The van der Waals surface area contributed by atoms with Gasteiger partial charge in [0.15, 0.2) is 4.34 Å². The van der Waals surface area contributed by atoms with Gasteiger partial charge < -0.3 is 5.11 Å². The summed E-state index contributed by atoms with van der Waals surface area (Å²) < 4.78 is 14.1. The number of benzene rings is 3. The van der Waals surface area contributed by atoms with Gasteiger partial charge in [-0.3, -0.25) is 14.5 Å². The van der Waals surface area contributed by atoms with Crippen LogP contribution in [0.4, 0.5) is 9.52 Å². The molecule has 1 fully saturated rings. The fraction of sp³-hybridized carbons (Fsp3) is 0.0769. The van der Waals surface area contributed by atoms with Crippen molar-refractivity contribution < 1.29 is 19.1 Å². The van der Waals surface area contributed by atoms with Crippen LogP contribution in [0.5, 0.6) is 0 Å². The zero-order valence-electron chi connectivity index (χ0n) is 19.1. The van der Waals surface area contributed by atoms with E-state index in [4.69, 9.17) is 34.8 Å². The summed E-state index contributed by atoms with van der Waals surface area (Å²) in [5, 5.41) is 20.7. The van der Waals surface area contributed by atoms with Crippen LogP contribution in [0.3, 0.4) is 0 Å². The minimum absolute atomic E-state index is 0.167. The first-order chi connectivity index (χ1) is 18.2. The second kappa shape index (κ2) is 11.0. The van der Waals surface area contributed by atoms with Crippen LogP contribution >= 0.6 is 57.9 Å². The molecule has 38 heavy (non-hydrogen) atoms. The lowest BCUT2D eigenvalue weighted by Gasteiger charge is -2.22. The highest BCUT2D eigenvalue weighted by Gasteiger charge is 2.48. The molecule has 1 aliphatic rings. The van der Waals surface area contributed by atoms with Gasteiger partial charge in [-0.1, -0.05) is 76.1 Å². The molecule has 1 saturated heterocycles. The molecule has 5 rings (SSSR count). The average molecular weight is 607 g/mol. The fourth-order valence-electron chi connectivity index (χ4n) is 3.87. The molecule has 0 bridgehead atoms. The van der Waals surface area contributed by atoms with Gasteiger partial charge in [0.2, 0.25) is 5.13 Å². The Bertz CT molecular complexity index is 1580. The van der Waals surface area contributed by atoms with Crippen LogP contribution in [0.2, 0.25) is 15.1 Å². The number of rotatable bonds is 6. The van der Waals surface area contributed by atoms with Gasteiger partial charge in [0.25, 0.3) is 5.78 Å². The molecule has 4 aromatic rings. The Labute approximate surface area is 239 Å². The second-order valence-electron chi connectivity index (χ2n) is 8.12. The van der Waals surface area contributed by atoms with E-state index >= 15 is 0 Å². The summed E-state index contributed by atoms with van der Waals surface area (Å²) in [6, 6.07) is 15.9. The number of nitrogens with zero attached hydrogens (tertiary/aromatic N) is 3. The lowest BCUT2D eigenvalue weighted by atomic mass is 9.95. The number of aromatic nitrogens is 2. The summed E-state index contributed by atoms with van der Waals surface area (Å²) in [5.41, 5.74) is 1.43. The minimum Gasteiger partial charge on any atom is -0.507 e. The second-order valence-corrected chi connectivity index (χ2v) is 11.5. The molecule has 3 aromatic carbocycles. The number of halogens is 4. The quantitative estimate of drug-likeness (QED) is 0.0802. The number of anilines is 1. The van der Waals surface area contributed by atoms with E-state index in [0.717, 1.165) is 29.0 Å². The van der Waals surface area contributed by atoms with Gasteiger partial charge in [-0.2, -0.15) is 0 Å². The first-order valence-electron chi connectivity index (χ1n) is 11.0. The van der Waals surface area contributed by atoms with Crippen molar-refractivity contribution >= 4 is 80.5 Å². The Morgan fingerprint density at radius 2 is 1.68 bits per heavy atom. The Morgan fingerprint density at radius 1 is 0.974 bits per heavy atom. The number of carbonyl (C=O) groups excluding carboxylic acids is 2. The third kappa shape index (κ3) is 5.30. The maximum atomic E-state index is 13.5. The zero-order chi connectivity index (χ0) is 27.0. The van der Waals surface area contributed by atoms with E-state index in [-0.39, 0.29) is 26.3 Å². The highest BCUT2D eigenvalue weighted by molar-refractivity contribution is 8.00. The van der Waals surface area contributed by atoms with Gasteiger partial charge in [0.1, 0.15) is 11.6 Å². The van der Waals surface area contributed by atoms with Gasteiger partial charge in [-0.15, -0.1) is 10.2 Å². The molecule has 0 spiro atoms. The Balaban J connectivity index is 1.55. The van der Waals surface area contributed by atoms with Gasteiger partial charge in [-0.05, 0) is 59.7 Å². The molecule has 0 saturated carbocycles. The van der Waals surface area contributed by atoms with Crippen LogP contribution in [0, 0.1) is 5.82 Å². The summed E-state index contributed by atoms with van der Waals surface area (Å²) >= 11 is 20.8. The van der Waals surface area contributed by atoms with Crippen molar-refractivity contribution in [2.24, 2.45) is 0 Å². The number of ketones is 1. The lowest BCUT2D eigenvalue weighted by Crippen LogP contribution is -2.29. The number of thioether (sulfide) groups is 1. The van der Waals surface area contributed by atoms with E-state index in [1.165, 1.54) is 40.9 Å². The molecule has 1 aromatic heterocycles. The molecule has 192 valence electrons. The Hall–Kier alpha value is -2.95. The molecule has 1 atom stereocenters. The van der Waals surface area contributed by atoms with E-state index < -0.39 is 29.3 Å². The van der Waals surface area contributed by atoms with Crippen LogP contribution in [-0.2, 0) is 15.3 Å². The highest BCUT2D eigenvalue weighted by atomic mass is 35.5. The predicted octanol–water partition coefficient (Wildman–Crippen LogP) is 7.56. The first-order valence-corrected chi connectivity index (χ1v) is 13.9. The van der Waals surface area contributed by atoms with Gasteiger partial charge in [0, 0.05) is 16.3 Å². The molecule has 1 unspecified atom stereocenters. The number of hydrogen-bond donors (Lipinski definition) is 1. The first kappa shape index (κ1) is 26.6. The van der Waals surface area contributed by atoms with Crippen molar-refractivity contribution in [3.63, 3.8) is 0 Å². The van der Waals surface area contributed by atoms with Crippen LogP contribution in [-0.4, -0.2) is 27.0 Å². The topological polar surface area (TPSA) is 83.4 Å². The normalized spacial score (nSPS) is 16.8. The number of aliphatic hydroxyl groups is 1. The number of amides is 1. The summed E-state index contributed by atoms with van der Waals surface area (Å²) in [4.78, 5) is 27.7. The maximum Gasteiger partial charge on any atom is 0.301 e. The minimum atomic E-state index is -1.07. The van der Waals surface area contributed by atoms with Gasteiger partial charge in [0.05, 0.1) is 21.7 Å². The molecular formula is C26H15Cl3FN3O3S2. The van der Waals surface area contributed by atoms with Gasteiger partial charge in [-0.25, -0.2) is 4.39 Å². The van der Waals surface area contributed by atoms with Crippen molar-refractivity contribution in [1.29, 1.82) is 0 Å². The molecule has 2 heterocycles. The molecule has 1 amide bonds. The average Bonchev–Trinajstić information content (AvgIpc) is 3.47. The number of hydrogen-bond acceptors (Lipinski definition) is 7. The molecular weight excluding hydrogens is 592 g/mol. The molecule has 6 nitrogen and oxygen atoms in total. The largest absolute Gasteiger partial charge is 0.507 e. The van der Waals surface area contributed by atoms with E-state index in [1.54, 1.807) is 18.2 Å². The third-order valence-corrected chi connectivity index (χ3v) is 8.82. The summed E-state index contributed by atoms with van der Waals surface area (Å²) in [6.07, 6.45) is 0. The number of aliphatic hydroxyl groups excluding tert-OH is 1. The maximum absolute atomic E-state index is 13.5. The zero-order valence-corrected chi connectivity index (χ0v) is 23.0. The molecule has 1 N–H and O–H groups in total. The molecule has 0 radical (unpaired) electrons. The van der Waals surface area contributed by atoms with Crippen molar-refractivity contribution in [3.05, 3.63) is 110 Å². The summed E-state index contributed by atoms with van der Waals surface area (Å²) in [6.45, 7) is 0. The standard InChI is InChI=1S/C26H15Cl3FN3O3S2/c27-16-6-1-13(2-7-16)12-37-26-32-31-25(38-26)33-21(15-5-10-18(28)19(29)11-15)20(23(35)24(33)36)22(34)14-3-8-17(30)9-4-14/h1-11,21,34H,12H2/b22-20-. The smallest absolute Gasteiger partial charge is 0.301 e. The molecule has 12 heteroatoms. The van der Waals surface area contributed by atoms with Crippen molar-refractivity contribution in [2.75, 3.05) is 4.90 Å². The van der Waals surface area contributed by atoms with Crippen molar-refractivity contribution in [2.45, 2.75) is 16.1 Å². The lowest BCUT2D eigenvalue weighted by molar-refractivity contribution is -0.132. The van der Waals surface area contributed by atoms with E-state index in [2.05, 4.69) is 10.2 Å². The Morgan fingerprint density at radius 3 is 2.37 bits per heavy atom. The van der Waals surface area contributed by atoms with Crippen LogP contribution < -0.4 is 4.90 Å². The number of carbonyl (C=O) groups is 2. The van der Waals surface area contributed by atoms with Crippen LogP contribution in [0.25, 0.3) is 5.76 Å². The third-order valence-electron chi connectivity index (χ3n) is 5.70.